The molecule has 20 heavy (non-hydrogen) atoms. The van der Waals surface area contributed by atoms with Gasteiger partial charge in [-0.15, -0.1) is 11.6 Å². The van der Waals surface area contributed by atoms with Crippen molar-refractivity contribution in [3.05, 3.63) is 48.0 Å². The molecule has 108 valence electrons. The number of alkyl halides is 1. The summed E-state index contributed by atoms with van der Waals surface area (Å²) in [6.45, 7) is 0.211. The van der Waals surface area contributed by atoms with Crippen LogP contribution >= 0.6 is 11.6 Å². The van der Waals surface area contributed by atoms with E-state index in [0.717, 1.165) is 0 Å². The molecule has 0 unspecified atom stereocenters. The Kier molecular flexibility index (Phi) is 4.47. The Balaban J connectivity index is 2.32. The summed E-state index contributed by atoms with van der Waals surface area (Å²) in [6.07, 6.45) is 3.42. The minimum Gasteiger partial charge on any atom is -0.337 e. The highest BCUT2D eigenvalue weighted by molar-refractivity contribution is 7.89. The van der Waals surface area contributed by atoms with Gasteiger partial charge in [-0.2, -0.15) is 4.31 Å². The Morgan fingerprint density at radius 1 is 1.35 bits per heavy atom. The molecule has 0 aliphatic heterocycles. The van der Waals surface area contributed by atoms with Crippen LogP contribution in [0.3, 0.4) is 0 Å². The fourth-order valence-electron chi connectivity index (χ4n) is 1.87. The first-order valence-electron chi connectivity index (χ1n) is 6.03. The van der Waals surface area contributed by atoms with E-state index in [4.69, 9.17) is 11.6 Å². The van der Waals surface area contributed by atoms with Crippen molar-refractivity contribution < 1.29 is 8.42 Å². The second kappa shape index (κ2) is 5.95. The summed E-state index contributed by atoms with van der Waals surface area (Å²) in [5.74, 6) is 0.838. The fourth-order valence-corrected chi connectivity index (χ4v) is 3.52. The van der Waals surface area contributed by atoms with Gasteiger partial charge >= 0.3 is 0 Å². The van der Waals surface area contributed by atoms with E-state index in [1.807, 2.05) is 7.05 Å². The predicted molar refractivity (Wildman–Crippen MR) is 77.9 cm³/mol. The fraction of sp³-hybridized carbons (Fsp3) is 0.308. The molecule has 1 heterocycles. The van der Waals surface area contributed by atoms with Crippen LogP contribution in [0.2, 0.25) is 0 Å². The molecule has 1 aromatic heterocycles. The summed E-state index contributed by atoms with van der Waals surface area (Å²) in [6, 6.07) is 6.75. The molecule has 0 saturated heterocycles. The Bertz CT molecular complexity index is 697. The molecule has 0 aliphatic carbocycles. The number of aryl methyl sites for hydroxylation is 1. The summed E-state index contributed by atoms with van der Waals surface area (Å²) < 4.78 is 28.2. The van der Waals surface area contributed by atoms with E-state index >= 15 is 0 Å². The minimum absolute atomic E-state index is 0.158. The van der Waals surface area contributed by atoms with Crippen LogP contribution in [-0.4, -0.2) is 29.3 Å². The van der Waals surface area contributed by atoms with Crippen molar-refractivity contribution in [2.24, 2.45) is 7.05 Å². The number of sulfonamides is 1. The number of nitrogens with zero attached hydrogens (tertiary/aromatic N) is 3. The van der Waals surface area contributed by atoms with Crippen molar-refractivity contribution in [1.82, 2.24) is 13.9 Å². The van der Waals surface area contributed by atoms with Gasteiger partial charge in [-0.25, -0.2) is 13.4 Å². The van der Waals surface area contributed by atoms with Gasteiger partial charge in [0.05, 0.1) is 11.4 Å². The van der Waals surface area contributed by atoms with Crippen LogP contribution in [0, 0.1) is 0 Å². The topological polar surface area (TPSA) is 55.2 Å². The van der Waals surface area contributed by atoms with Crippen molar-refractivity contribution in [3.8, 4) is 0 Å². The van der Waals surface area contributed by atoms with Gasteiger partial charge in [0.1, 0.15) is 5.82 Å². The molecule has 0 fully saturated rings. The Morgan fingerprint density at radius 3 is 2.65 bits per heavy atom. The maximum absolute atomic E-state index is 12.6. The molecule has 5 nitrogen and oxygen atoms in total. The third kappa shape index (κ3) is 2.87. The zero-order valence-corrected chi connectivity index (χ0v) is 12.9. The zero-order chi connectivity index (χ0) is 14.8. The normalized spacial score (nSPS) is 12.0. The number of halogens is 1. The molecular formula is C13H16ClN3O2S. The number of hydrogen-bond donors (Lipinski definition) is 0. The van der Waals surface area contributed by atoms with Gasteiger partial charge < -0.3 is 4.57 Å². The van der Waals surface area contributed by atoms with Crippen molar-refractivity contribution in [2.45, 2.75) is 17.3 Å². The van der Waals surface area contributed by atoms with Crippen LogP contribution in [-0.2, 0) is 29.5 Å². The first-order valence-corrected chi connectivity index (χ1v) is 8.00. The smallest absolute Gasteiger partial charge is 0.243 e. The second-order valence-corrected chi connectivity index (χ2v) is 6.74. The van der Waals surface area contributed by atoms with Crippen LogP contribution in [0.15, 0.2) is 41.6 Å². The van der Waals surface area contributed by atoms with Gasteiger partial charge in [-0.3, -0.25) is 0 Å². The number of rotatable bonds is 5. The van der Waals surface area contributed by atoms with E-state index in [1.165, 1.54) is 11.4 Å². The highest BCUT2D eigenvalue weighted by Crippen LogP contribution is 2.21. The van der Waals surface area contributed by atoms with Crippen molar-refractivity contribution in [1.29, 1.82) is 0 Å². The molecule has 1 aromatic carbocycles. The Hall–Kier alpha value is -1.37. The lowest BCUT2D eigenvalue weighted by Crippen LogP contribution is -2.28. The molecule has 0 saturated carbocycles. The van der Waals surface area contributed by atoms with E-state index in [2.05, 4.69) is 4.98 Å². The SMILES string of the molecule is CN(Cc1nccn1C)S(=O)(=O)c1ccccc1CCl. The average molecular weight is 314 g/mol. The van der Waals surface area contributed by atoms with Crippen molar-refractivity contribution in [3.63, 3.8) is 0 Å². The Morgan fingerprint density at radius 2 is 2.05 bits per heavy atom. The molecule has 0 bridgehead atoms. The maximum Gasteiger partial charge on any atom is 0.243 e. The van der Waals surface area contributed by atoms with Crippen molar-refractivity contribution >= 4 is 21.6 Å². The van der Waals surface area contributed by atoms with Gasteiger partial charge in [0.2, 0.25) is 10.0 Å². The van der Waals surface area contributed by atoms with E-state index < -0.39 is 10.0 Å². The summed E-state index contributed by atoms with van der Waals surface area (Å²) in [5.41, 5.74) is 0.598. The van der Waals surface area contributed by atoms with Crippen LogP contribution < -0.4 is 0 Å². The van der Waals surface area contributed by atoms with Crippen LogP contribution in [0.1, 0.15) is 11.4 Å². The molecule has 0 radical (unpaired) electrons. The average Bonchev–Trinajstić information content (AvgIpc) is 2.84. The molecule has 2 rings (SSSR count). The lowest BCUT2D eigenvalue weighted by molar-refractivity contribution is 0.451. The maximum atomic E-state index is 12.6. The molecule has 0 aliphatic rings. The molecule has 0 N–H and O–H groups in total. The lowest BCUT2D eigenvalue weighted by atomic mass is 10.2. The molecule has 2 aromatic rings. The van der Waals surface area contributed by atoms with Crippen LogP contribution in [0.4, 0.5) is 0 Å². The van der Waals surface area contributed by atoms with E-state index in [9.17, 15) is 8.42 Å². The molecule has 0 spiro atoms. The van der Waals surface area contributed by atoms with Gasteiger partial charge in [0.25, 0.3) is 0 Å². The van der Waals surface area contributed by atoms with E-state index in [0.29, 0.717) is 11.4 Å². The standard InChI is InChI=1S/C13H16ClN3O2S/c1-16-8-7-15-13(16)10-17(2)20(18,19)12-6-4-3-5-11(12)9-14/h3-8H,9-10H2,1-2H3. The quantitative estimate of drug-likeness (QED) is 0.793. The number of benzene rings is 1. The third-order valence-electron chi connectivity index (χ3n) is 3.09. The van der Waals surface area contributed by atoms with Gasteiger partial charge in [-0.1, -0.05) is 18.2 Å². The second-order valence-electron chi connectivity index (χ2n) is 4.46. The zero-order valence-electron chi connectivity index (χ0n) is 11.3. The van der Waals surface area contributed by atoms with Crippen LogP contribution in [0.25, 0.3) is 0 Å². The highest BCUT2D eigenvalue weighted by atomic mass is 35.5. The van der Waals surface area contributed by atoms with Gasteiger partial charge in [0.15, 0.2) is 0 Å². The largest absolute Gasteiger partial charge is 0.337 e. The number of hydrogen-bond acceptors (Lipinski definition) is 3. The van der Waals surface area contributed by atoms with Crippen molar-refractivity contribution in [2.75, 3.05) is 7.05 Å². The summed E-state index contributed by atoms with van der Waals surface area (Å²) in [5, 5.41) is 0. The third-order valence-corrected chi connectivity index (χ3v) is 5.28. The summed E-state index contributed by atoms with van der Waals surface area (Å²) in [4.78, 5) is 4.38. The van der Waals surface area contributed by atoms with Crippen LogP contribution in [0.5, 0.6) is 0 Å². The number of imidazole rings is 1. The van der Waals surface area contributed by atoms with E-state index in [-0.39, 0.29) is 17.3 Å². The monoisotopic (exact) mass is 313 g/mol. The Labute approximate surface area is 123 Å². The summed E-state index contributed by atoms with van der Waals surface area (Å²) in [7, 11) is -0.213. The van der Waals surface area contributed by atoms with Gasteiger partial charge in [-0.05, 0) is 11.6 Å². The molecular weight excluding hydrogens is 298 g/mol. The molecule has 7 heteroatoms. The minimum atomic E-state index is -3.58. The highest BCUT2D eigenvalue weighted by Gasteiger charge is 2.24. The lowest BCUT2D eigenvalue weighted by Gasteiger charge is -2.18. The van der Waals surface area contributed by atoms with Gasteiger partial charge in [0, 0.05) is 32.4 Å². The molecule has 0 atom stereocenters. The summed E-state index contributed by atoms with van der Waals surface area (Å²) >= 11 is 5.81. The first-order chi connectivity index (χ1) is 9.46. The predicted octanol–water partition coefficient (Wildman–Crippen LogP) is 1.98. The van der Waals surface area contributed by atoms with E-state index in [1.54, 1.807) is 41.2 Å². The molecule has 0 amide bonds. The number of aromatic nitrogens is 2. The first kappa shape index (κ1) is 15.0.